The molecule has 2 aromatic carbocycles. The highest BCUT2D eigenvalue weighted by Gasteiger charge is 2.17. The van der Waals surface area contributed by atoms with Gasteiger partial charge in [0, 0.05) is 25.2 Å². The summed E-state index contributed by atoms with van der Waals surface area (Å²) in [5, 5.41) is 3.69. The van der Waals surface area contributed by atoms with Gasteiger partial charge in [-0.05, 0) is 38.2 Å². The fourth-order valence-corrected chi connectivity index (χ4v) is 2.86. The smallest absolute Gasteiger partial charge is 0.317 e. The average molecular weight is 360 g/mol. The molecule has 134 valence electrons. The van der Waals surface area contributed by atoms with Crippen molar-refractivity contribution in [3.05, 3.63) is 70.2 Å². The van der Waals surface area contributed by atoms with Gasteiger partial charge in [-0.15, -0.1) is 0 Å². The Morgan fingerprint density at radius 1 is 1.08 bits per heavy atom. The van der Waals surface area contributed by atoms with Crippen molar-refractivity contribution < 1.29 is 4.79 Å². The van der Waals surface area contributed by atoms with Crippen LogP contribution >= 0.6 is 11.6 Å². The van der Waals surface area contributed by atoms with Crippen LogP contribution in [0.15, 0.2) is 48.5 Å². The minimum absolute atomic E-state index is 0.112. The maximum atomic E-state index is 12.4. The maximum absolute atomic E-state index is 12.4. The van der Waals surface area contributed by atoms with Crippen molar-refractivity contribution in [1.29, 1.82) is 0 Å². The van der Waals surface area contributed by atoms with E-state index in [4.69, 9.17) is 11.6 Å². The first-order valence-corrected chi connectivity index (χ1v) is 8.71. The zero-order valence-corrected chi connectivity index (χ0v) is 16.0. The quantitative estimate of drug-likeness (QED) is 0.843. The van der Waals surface area contributed by atoms with E-state index in [-0.39, 0.29) is 12.1 Å². The van der Waals surface area contributed by atoms with E-state index >= 15 is 0 Å². The maximum Gasteiger partial charge on any atom is 0.317 e. The molecule has 1 N–H and O–H groups in total. The lowest BCUT2D eigenvalue weighted by atomic mass is 10.0. The lowest BCUT2D eigenvalue weighted by molar-refractivity contribution is 0.200. The molecule has 0 bridgehead atoms. The Kier molecular flexibility index (Phi) is 6.85. The number of aryl methyl sites for hydroxylation is 1. The van der Waals surface area contributed by atoms with Gasteiger partial charge in [-0.2, -0.15) is 0 Å². The van der Waals surface area contributed by atoms with Crippen molar-refractivity contribution in [1.82, 2.24) is 15.1 Å². The summed E-state index contributed by atoms with van der Waals surface area (Å²) in [5.41, 5.74) is 3.35. The molecule has 0 saturated heterocycles. The van der Waals surface area contributed by atoms with Gasteiger partial charge in [0.2, 0.25) is 0 Å². The summed E-state index contributed by atoms with van der Waals surface area (Å²) in [6.07, 6.45) is 0. The normalized spacial score (nSPS) is 12.1. The van der Waals surface area contributed by atoms with E-state index in [1.54, 1.807) is 11.9 Å². The lowest BCUT2D eigenvalue weighted by Gasteiger charge is -2.27. The molecule has 0 aliphatic rings. The molecule has 2 aromatic rings. The van der Waals surface area contributed by atoms with Crippen LogP contribution < -0.4 is 5.32 Å². The molecular weight excluding hydrogens is 334 g/mol. The minimum Gasteiger partial charge on any atom is -0.336 e. The highest BCUT2D eigenvalue weighted by atomic mass is 35.5. The van der Waals surface area contributed by atoms with Crippen LogP contribution in [0.1, 0.15) is 22.7 Å². The molecule has 5 heteroatoms. The van der Waals surface area contributed by atoms with Gasteiger partial charge in [-0.3, -0.25) is 0 Å². The SMILES string of the molecule is Cc1ccc(C(CNC(=O)N(C)Cc2ccccc2Cl)N(C)C)cc1. The van der Waals surface area contributed by atoms with Gasteiger partial charge in [0.1, 0.15) is 0 Å². The first-order valence-electron chi connectivity index (χ1n) is 8.34. The van der Waals surface area contributed by atoms with Crippen molar-refractivity contribution in [2.24, 2.45) is 0 Å². The van der Waals surface area contributed by atoms with E-state index in [0.717, 1.165) is 5.56 Å². The number of urea groups is 1. The van der Waals surface area contributed by atoms with Crippen molar-refractivity contribution in [2.75, 3.05) is 27.7 Å². The number of likely N-dealkylation sites (N-methyl/N-ethyl adjacent to an activating group) is 1. The third kappa shape index (κ3) is 5.48. The molecule has 2 rings (SSSR count). The number of halogens is 1. The van der Waals surface area contributed by atoms with Crippen LogP contribution in [-0.2, 0) is 6.54 Å². The van der Waals surface area contributed by atoms with Gasteiger partial charge in [0.15, 0.2) is 0 Å². The highest BCUT2D eigenvalue weighted by Crippen LogP contribution is 2.19. The highest BCUT2D eigenvalue weighted by molar-refractivity contribution is 6.31. The second-order valence-electron chi connectivity index (χ2n) is 6.52. The zero-order chi connectivity index (χ0) is 18.4. The van der Waals surface area contributed by atoms with Gasteiger partial charge in [-0.1, -0.05) is 59.6 Å². The Morgan fingerprint density at radius 2 is 1.72 bits per heavy atom. The lowest BCUT2D eigenvalue weighted by Crippen LogP contribution is -2.41. The molecule has 1 atom stereocenters. The van der Waals surface area contributed by atoms with Gasteiger partial charge in [0.05, 0.1) is 6.04 Å². The summed E-state index contributed by atoms with van der Waals surface area (Å²) in [7, 11) is 5.81. The molecule has 1 unspecified atom stereocenters. The number of nitrogens with one attached hydrogen (secondary N) is 1. The standard InChI is InChI=1S/C20H26ClN3O/c1-15-9-11-16(12-10-15)19(23(2)3)13-22-20(25)24(4)14-17-7-5-6-8-18(17)21/h5-12,19H,13-14H2,1-4H3,(H,22,25). The summed E-state index contributed by atoms with van der Waals surface area (Å²) in [6.45, 7) is 3.09. The summed E-state index contributed by atoms with van der Waals surface area (Å²) in [6, 6.07) is 16.0. The van der Waals surface area contributed by atoms with Crippen LogP contribution in [0.4, 0.5) is 4.79 Å². The summed E-state index contributed by atoms with van der Waals surface area (Å²) < 4.78 is 0. The molecule has 25 heavy (non-hydrogen) atoms. The fourth-order valence-electron chi connectivity index (χ4n) is 2.66. The van der Waals surface area contributed by atoms with E-state index in [9.17, 15) is 4.79 Å². The Bertz CT molecular complexity index is 700. The molecule has 0 fully saturated rings. The third-order valence-electron chi connectivity index (χ3n) is 4.24. The largest absolute Gasteiger partial charge is 0.336 e. The molecule has 0 heterocycles. The fraction of sp³-hybridized carbons (Fsp3) is 0.350. The molecule has 2 amide bonds. The molecule has 0 spiro atoms. The minimum atomic E-state index is -0.112. The summed E-state index contributed by atoms with van der Waals surface area (Å²) in [4.78, 5) is 16.2. The number of hydrogen-bond acceptors (Lipinski definition) is 2. The predicted molar refractivity (Wildman–Crippen MR) is 104 cm³/mol. The Hall–Kier alpha value is -2.04. The van der Waals surface area contributed by atoms with Gasteiger partial charge in [0.25, 0.3) is 0 Å². The van der Waals surface area contributed by atoms with Crippen molar-refractivity contribution in [3.63, 3.8) is 0 Å². The van der Waals surface area contributed by atoms with Crippen molar-refractivity contribution in [2.45, 2.75) is 19.5 Å². The molecule has 0 aromatic heterocycles. The topological polar surface area (TPSA) is 35.6 Å². The van der Waals surface area contributed by atoms with Gasteiger partial charge in [-0.25, -0.2) is 4.79 Å². The Balaban J connectivity index is 1.96. The number of nitrogens with zero attached hydrogens (tertiary/aromatic N) is 2. The molecule has 0 aliphatic carbocycles. The molecule has 0 saturated carbocycles. The van der Waals surface area contributed by atoms with Crippen LogP contribution in [0.3, 0.4) is 0 Å². The van der Waals surface area contributed by atoms with Crippen LogP contribution in [0.5, 0.6) is 0 Å². The zero-order valence-electron chi connectivity index (χ0n) is 15.3. The Morgan fingerprint density at radius 3 is 2.32 bits per heavy atom. The second-order valence-corrected chi connectivity index (χ2v) is 6.93. The van der Waals surface area contributed by atoms with E-state index in [0.29, 0.717) is 18.1 Å². The first kappa shape index (κ1) is 19.3. The van der Waals surface area contributed by atoms with Crippen molar-refractivity contribution >= 4 is 17.6 Å². The van der Waals surface area contributed by atoms with Crippen LogP contribution in [0.2, 0.25) is 5.02 Å². The number of hydrogen-bond donors (Lipinski definition) is 1. The van der Waals surface area contributed by atoms with Crippen LogP contribution in [0, 0.1) is 6.92 Å². The van der Waals surface area contributed by atoms with Gasteiger partial charge >= 0.3 is 6.03 Å². The summed E-state index contributed by atoms with van der Waals surface area (Å²) >= 11 is 6.17. The van der Waals surface area contributed by atoms with E-state index < -0.39 is 0 Å². The van der Waals surface area contributed by atoms with E-state index in [1.165, 1.54) is 11.1 Å². The van der Waals surface area contributed by atoms with Crippen LogP contribution in [-0.4, -0.2) is 43.5 Å². The number of carbonyl (C=O) groups is 1. The number of rotatable bonds is 6. The number of amides is 2. The molecule has 4 nitrogen and oxygen atoms in total. The average Bonchev–Trinajstić information content (AvgIpc) is 2.58. The van der Waals surface area contributed by atoms with E-state index in [1.807, 2.05) is 38.4 Å². The van der Waals surface area contributed by atoms with Gasteiger partial charge < -0.3 is 15.1 Å². The Labute approximate surface area is 155 Å². The third-order valence-corrected chi connectivity index (χ3v) is 4.61. The molecular formula is C20H26ClN3O. The summed E-state index contributed by atoms with van der Waals surface area (Å²) in [5.74, 6) is 0. The first-order chi connectivity index (χ1) is 11.9. The predicted octanol–water partition coefficient (Wildman–Crippen LogP) is 4.09. The van der Waals surface area contributed by atoms with Crippen molar-refractivity contribution in [3.8, 4) is 0 Å². The number of carbonyl (C=O) groups excluding carboxylic acids is 1. The molecule has 0 radical (unpaired) electrons. The second kappa shape index (κ2) is 8.88. The van der Waals surface area contributed by atoms with Crippen LogP contribution in [0.25, 0.3) is 0 Å². The monoisotopic (exact) mass is 359 g/mol. The molecule has 0 aliphatic heterocycles. The number of benzene rings is 2. The van der Waals surface area contributed by atoms with E-state index in [2.05, 4.69) is 41.4 Å².